The van der Waals surface area contributed by atoms with E-state index in [-0.39, 0.29) is 12.4 Å². The molecule has 0 fully saturated rings. The van der Waals surface area contributed by atoms with Gasteiger partial charge in [-0.25, -0.2) is 4.98 Å². The van der Waals surface area contributed by atoms with Gasteiger partial charge in [0.2, 0.25) is 12.6 Å². The standard InChI is InChI=1S/C31H19BrIN3O5/c32-21-7-10-25-20(13-21)14-29(41-25)30-35-24-4-2-1-3-22(24)31(37)36(30)34-15-18-5-8-26(23(33)11-18)38-16-19-6-9-27-28(12-19)40-17-39-27/h1-15H,16-17H2. The minimum absolute atomic E-state index is 0.236. The molecule has 0 bridgehead atoms. The predicted octanol–water partition coefficient (Wildman–Crippen LogP) is 7.37. The summed E-state index contributed by atoms with van der Waals surface area (Å²) in [4.78, 5) is 18.3. The van der Waals surface area contributed by atoms with Gasteiger partial charge in [-0.3, -0.25) is 4.79 Å². The Morgan fingerprint density at radius 1 is 1.00 bits per heavy atom. The smallest absolute Gasteiger partial charge is 0.282 e. The van der Waals surface area contributed by atoms with E-state index in [0.717, 1.165) is 41.8 Å². The van der Waals surface area contributed by atoms with Crippen LogP contribution in [0.3, 0.4) is 0 Å². The molecule has 0 amide bonds. The van der Waals surface area contributed by atoms with E-state index >= 15 is 0 Å². The molecular formula is C31H19BrIN3O5. The number of furan rings is 1. The minimum Gasteiger partial charge on any atom is -0.488 e. The largest absolute Gasteiger partial charge is 0.488 e. The van der Waals surface area contributed by atoms with Crippen LogP contribution in [0.2, 0.25) is 0 Å². The average Bonchev–Trinajstić information content (AvgIpc) is 3.62. The summed E-state index contributed by atoms with van der Waals surface area (Å²) < 4.78 is 26.1. The van der Waals surface area contributed by atoms with Crippen LogP contribution in [0.5, 0.6) is 17.2 Å². The Kier molecular flexibility index (Phi) is 6.71. The highest BCUT2D eigenvalue weighted by Crippen LogP contribution is 2.33. The molecule has 0 spiro atoms. The van der Waals surface area contributed by atoms with Gasteiger partial charge in [-0.1, -0.05) is 34.1 Å². The number of aromatic nitrogens is 2. The SMILES string of the molecule is O=c1c2ccccc2nc(-c2cc3cc(Br)ccc3o2)n1N=Cc1ccc(OCc2ccc3c(c2)OCO3)c(I)c1. The quantitative estimate of drug-likeness (QED) is 0.132. The van der Waals surface area contributed by atoms with Crippen LogP contribution < -0.4 is 19.8 Å². The normalized spacial score (nSPS) is 12.5. The molecule has 3 heterocycles. The lowest BCUT2D eigenvalue weighted by Gasteiger charge is -2.10. The van der Waals surface area contributed by atoms with Crippen molar-refractivity contribution < 1.29 is 18.6 Å². The Labute approximate surface area is 255 Å². The zero-order valence-corrected chi connectivity index (χ0v) is 25.0. The van der Waals surface area contributed by atoms with Crippen molar-refractivity contribution in [2.45, 2.75) is 6.61 Å². The number of hydrogen-bond donors (Lipinski definition) is 0. The molecule has 41 heavy (non-hydrogen) atoms. The molecule has 1 aliphatic heterocycles. The van der Waals surface area contributed by atoms with E-state index in [1.165, 1.54) is 4.68 Å². The number of hydrogen-bond acceptors (Lipinski definition) is 7. The molecule has 0 N–H and O–H groups in total. The van der Waals surface area contributed by atoms with Crippen molar-refractivity contribution >= 4 is 66.6 Å². The second kappa shape index (κ2) is 10.7. The first-order chi connectivity index (χ1) is 20.0. The molecule has 0 unspecified atom stereocenters. The average molecular weight is 720 g/mol. The van der Waals surface area contributed by atoms with Crippen molar-refractivity contribution in [2.75, 3.05) is 6.79 Å². The number of para-hydroxylation sites is 1. The summed E-state index contributed by atoms with van der Waals surface area (Å²) in [6.45, 7) is 0.620. The van der Waals surface area contributed by atoms with E-state index in [2.05, 4.69) is 43.6 Å². The topological polar surface area (TPSA) is 88.1 Å². The Morgan fingerprint density at radius 3 is 2.78 bits per heavy atom. The lowest BCUT2D eigenvalue weighted by Crippen LogP contribution is -2.20. The molecule has 0 aliphatic carbocycles. The first-order valence-corrected chi connectivity index (χ1v) is 14.5. The van der Waals surface area contributed by atoms with Crippen molar-refractivity contribution in [3.05, 3.63) is 114 Å². The fraction of sp³-hybridized carbons (Fsp3) is 0.0645. The van der Waals surface area contributed by atoms with Crippen molar-refractivity contribution in [1.82, 2.24) is 9.66 Å². The van der Waals surface area contributed by atoms with Gasteiger partial charge in [0.1, 0.15) is 17.9 Å². The van der Waals surface area contributed by atoms with Gasteiger partial charge in [-0.05, 0) is 100 Å². The van der Waals surface area contributed by atoms with Crippen LogP contribution in [-0.4, -0.2) is 22.7 Å². The van der Waals surface area contributed by atoms with Gasteiger partial charge >= 0.3 is 0 Å². The van der Waals surface area contributed by atoms with Crippen molar-refractivity contribution in [3.8, 4) is 28.8 Å². The third-order valence-corrected chi connectivity index (χ3v) is 7.90. The molecule has 0 saturated carbocycles. The summed E-state index contributed by atoms with van der Waals surface area (Å²) in [5.41, 5.74) is 2.74. The number of nitrogens with zero attached hydrogens (tertiary/aromatic N) is 3. The van der Waals surface area contributed by atoms with Crippen LogP contribution in [0.15, 0.2) is 104 Å². The predicted molar refractivity (Wildman–Crippen MR) is 168 cm³/mol. The molecular weight excluding hydrogens is 701 g/mol. The van der Waals surface area contributed by atoms with Crippen molar-refractivity contribution in [1.29, 1.82) is 0 Å². The van der Waals surface area contributed by atoms with Gasteiger partial charge < -0.3 is 18.6 Å². The van der Waals surface area contributed by atoms with E-state index in [0.29, 0.717) is 34.7 Å². The summed E-state index contributed by atoms with van der Waals surface area (Å²) in [5, 5.41) is 5.92. The summed E-state index contributed by atoms with van der Waals surface area (Å²) in [6.07, 6.45) is 1.63. The molecule has 0 radical (unpaired) electrons. The molecule has 202 valence electrons. The highest BCUT2D eigenvalue weighted by Gasteiger charge is 2.17. The molecule has 0 saturated heterocycles. The van der Waals surface area contributed by atoms with E-state index in [9.17, 15) is 4.79 Å². The fourth-order valence-electron chi connectivity index (χ4n) is 4.55. The molecule has 1 aliphatic rings. The molecule has 4 aromatic carbocycles. The number of benzene rings is 4. The van der Waals surface area contributed by atoms with Crippen molar-refractivity contribution in [3.63, 3.8) is 0 Å². The van der Waals surface area contributed by atoms with E-state index in [1.807, 2.05) is 72.8 Å². The van der Waals surface area contributed by atoms with Gasteiger partial charge in [0.15, 0.2) is 17.3 Å². The second-order valence-corrected chi connectivity index (χ2v) is 11.4. The first-order valence-electron chi connectivity index (χ1n) is 12.6. The Hall–Kier alpha value is -4.16. The summed E-state index contributed by atoms with van der Waals surface area (Å²) in [7, 11) is 0. The van der Waals surface area contributed by atoms with Gasteiger partial charge in [-0.15, -0.1) is 0 Å². The van der Waals surface area contributed by atoms with Crippen LogP contribution in [0.4, 0.5) is 0 Å². The van der Waals surface area contributed by atoms with Crippen LogP contribution in [0.25, 0.3) is 33.5 Å². The van der Waals surface area contributed by atoms with E-state index in [4.69, 9.17) is 23.6 Å². The van der Waals surface area contributed by atoms with Gasteiger partial charge in [0.05, 0.1) is 20.7 Å². The zero-order valence-electron chi connectivity index (χ0n) is 21.2. The first kappa shape index (κ1) is 25.8. The molecule has 10 heteroatoms. The summed E-state index contributed by atoms with van der Waals surface area (Å²) >= 11 is 5.72. The molecule has 2 aromatic heterocycles. The van der Waals surface area contributed by atoms with Crippen molar-refractivity contribution in [2.24, 2.45) is 5.10 Å². The molecule has 8 nitrogen and oxygen atoms in total. The second-order valence-electron chi connectivity index (χ2n) is 9.27. The van der Waals surface area contributed by atoms with Crippen LogP contribution in [0.1, 0.15) is 11.1 Å². The maximum atomic E-state index is 13.5. The van der Waals surface area contributed by atoms with Gasteiger partial charge in [-0.2, -0.15) is 9.78 Å². The minimum atomic E-state index is -0.290. The highest BCUT2D eigenvalue weighted by molar-refractivity contribution is 14.1. The Balaban J connectivity index is 1.20. The lowest BCUT2D eigenvalue weighted by molar-refractivity contribution is 0.174. The number of ether oxygens (including phenoxy) is 3. The van der Waals surface area contributed by atoms with Gasteiger partial charge in [0.25, 0.3) is 5.56 Å². The molecule has 6 aromatic rings. The Morgan fingerprint density at radius 2 is 1.88 bits per heavy atom. The summed E-state index contributed by atoms with van der Waals surface area (Å²) in [6, 6.07) is 26.3. The van der Waals surface area contributed by atoms with Crippen LogP contribution >= 0.6 is 38.5 Å². The molecule has 7 rings (SSSR count). The third kappa shape index (κ3) is 5.08. The zero-order chi connectivity index (χ0) is 27.9. The maximum absolute atomic E-state index is 13.5. The lowest BCUT2D eigenvalue weighted by atomic mass is 10.2. The molecule has 0 atom stereocenters. The van der Waals surface area contributed by atoms with E-state index in [1.54, 1.807) is 18.3 Å². The highest BCUT2D eigenvalue weighted by atomic mass is 127. The van der Waals surface area contributed by atoms with E-state index < -0.39 is 0 Å². The van der Waals surface area contributed by atoms with Crippen LogP contribution in [-0.2, 0) is 6.61 Å². The Bertz CT molecular complexity index is 2050. The number of rotatable bonds is 6. The summed E-state index contributed by atoms with van der Waals surface area (Å²) in [5.74, 6) is 2.96. The number of fused-ring (bicyclic) bond motifs is 3. The van der Waals surface area contributed by atoms with Crippen LogP contribution in [0, 0.1) is 3.57 Å². The monoisotopic (exact) mass is 719 g/mol. The number of halogens is 2. The fourth-order valence-corrected chi connectivity index (χ4v) is 5.62. The van der Waals surface area contributed by atoms with Gasteiger partial charge in [0, 0.05) is 9.86 Å². The maximum Gasteiger partial charge on any atom is 0.282 e. The third-order valence-electron chi connectivity index (χ3n) is 6.56.